The predicted octanol–water partition coefficient (Wildman–Crippen LogP) is 5.61. The Labute approximate surface area is 200 Å². The molecule has 36 heavy (non-hydrogen) atoms. The second kappa shape index (κ2) is 8.54. The zero-order chi connectivity index (χ0) is 26.6. The van der Waals surface area contributed by atoms with Crippen molar-refractivity contribution < 1.29 is 45.8 Å². The highest BCUT2D eigenvalue weighted by Crippen LogP contribution is 2.51. The van der Waals surface area contributed by atoms with Crippen molar-refractivity contribution in [1.29, 1.82) is 0 Å². The van der Waals surface area contributed by atoms with E-state index in [0.717, 1.165) is 12.1 Å². The first-order valence-electron chi connectivity index (χ1n) is 10.7. The van der Waals surface area contributed by atoms with Gasteiger partial charge >= 0.3 is 18.3 Å². The van der Waals surface area contributed by atoms with Crippen molar-refractivity contribution in [2.24, 2.45) is 0 Å². The highest BCUT2D eigenvalue weighted by Gasteiger charge is 2.71. The minimum Gasteiger partial charge on any atom is -0.478 e. The lowest BCUT2D eigenvalue weighted by molar-refractivity contribution is -0.376. The number of carbonyl (C=O) groups is 1. The monoisotopic (exact) mass is 514 g/mol. The standard InChI is InChI=1S/C24H20F6N2O4/c1-12-9-16-10-17(22(35,23(25,26)27)24(28,29)30)7-8-19(16)32(12)11-18-13(2)36-20(31-18)14-3-5-15(6-4-14)21(33)34/h3-8,10,12,35H,9,11H2,1-2H3,(H,33,34). The molecule has 12 heteroatoms. The van der Waals surface area contributed by atoms with Crippen LogP contribution in [0.25, 0.3) is 11.5 Å². The van der Waals surface area contributed by atoms with Crippen molar-refractivity contribution in [2.45, 2.75) is 50.8 Å². The number of nitrogens with zero attached hydrogens (tertiary/aromatic N) is 2. The summed E-state index contributed by atoms with van der Waals surface area (Å²) in [5.41, 5.74) is -4.50. The van der Waals surface area contributed by atoms with Crippen LogP contribution in [-0.4, -0.2) is 39.6 Å². The van der Waals surface area contributed by atoms with Crippen molar-refractivity contribution in [3.63, 3.8) is 0 Å². The smallest absolute Gasteiger partial charge is 0.430 e. The van der Waals surface area contributed by atoms with Gasteiger partial charge in [0, 0.05) is 22.9 Å². The summed E-state index contributed by atoms with van der Waals surface area (Å²) in [4.78, 5) is 17.3. The Kier molecular flexibility index (Phi) is 6.06. The summed E-state index contributed by atoms with van der Waals surface area (Å²) < 4.78 is 85.5. The van der Waals surface area contributed by atoms with E-state index in [1.165, 1.54) is 24.3 Å². The molecule has 2 aromatic carbocycles. The van der Waals surface area contributed by atoms with Gasteiger partial charge in [-0.2, -0.15) is 26.3 Å². The predicted molar refractivity (Wildman–Crippen MR) is 115 cm³/mol. The lowest BCUT2D eigenvalue weighted by Crippen LogP contribution is -2.53. The molecule has 6 nitrogen and oxygen atoms in total. The van der Waals surface area contributed by atoms with Crippen molar-refractivity contribution >= 4 is 11.7 Å². The number of rotatable bonds is 5. The number of carboxylic acids is 1. The van der Waals surface area contributed by atoms with Gasteiger partial charge in [-0.3, -0.25) is 0 Å². The maximum absolute atomic E-state index is 13.3. The molecule has 0 spiro atoms. The Balaban J connectivity index is 1.63. The SMILES string of the molecule is Cc1oc(-c2ccc(C(=O)O)cc2)nc1CN1c2ccc(C(O)(C(F)(F)F)C(F)(F)F)cc2CC1C. The zero-order valence-electron chi connectivity index (χ0n) is 18.9. The Hall–Kier alpha value is -3.54. The molecule has 1 aliphatic rings. The first-order valence-corrected chi connectivity index (χ1v) is 10.7. The number of oxazole rings is 1. The number of hydrogen-bond acceptors (Lipinski definition) is 5. The lowest BCUT2D eigenvalue weighted by atomic mass is 9.90. The second-order valence-corrected chi connectivity index (χ2v) is 8.63. The Morgan fingerprint density at radius 3 is 2.25 bits per heavy atom. The Morgan fingerprint density at radius 1 is 1.08 bits per heavy atom. The number of fused-ring (bicyclic) bond motifs is 1. The first-order chi connectivity index (χ1) is 16.6. The van der Waals surface area contributed by atoms with E-state index < -0.39 is 29.5 Å². The molecule has 0 bridgehead atoms. The summed E-state index contributed by atoms with van der Waals surface area (Å²) in [6.45, 7) is 3.59. The van der Waals surface area contributed by atoms with Crippen LogP contribution in [0.15, 0.2) is 46.9 Å². The van der Waals surface area contributed by atoms with Gasteiger partial charge in [0.25, 0.3) is 5.60 Å². The highest BCUT2D eigenvalue weighted by molar-refractivity contribution is 5.88. The number of anilines is 1. The quantitative estimate of drug-likeness (QED) is 0.431. The van der Waals surface area contributed by atoms with Gasteiger partial charge in [-0.05, 0) is 56.2 Å². The molecule has 1 aromatic heterocycles. The summed E-state index contributed by atoms with van der Waals surface area (Å²) in [5.74, 6) is -0.394. The molecule has 4 rings (SSSR count). The molecule has 1 atom stereocenters. The van der Waals surface area contributed by atoms with Crippen LogP contribution in [0, 0.1) is 6.92 Å². The Bertz CT molecular complexity index is 1280. The van der Waals surface area contributed by atoms with Gasteiger partial charge in [-0.25, -0.2) is 9.78 Å². The fourth-order valence-corrected chi connectivity index (χ4v) is 4.26. The number of aliphatic hydroxyl groups is 1. The molecule has 0 saturated heterocycles. The number of hydrogen-bond donors (Lipinski definition) is 2. The number of aromatic nitrogens is 1. The molecular weight excluding hydrogens is 494 g/mol. The first kappa shape index (κ1) is 25.5. The van der Waals surface area contributed by atoms with E-state index in [-0.39, 0.29) is 36.0 Å². The van der Waals surface area contributed by atoms with Crippen LogP contribution in [0.2, 0.25) is 0 Å². The number of benzene rings is 2. The number of aromatic carboxylic acids is 1. The minimum atomic E-state index is -5.96. The highest BCUT2D eigenvalue weighted by atomic mass is 19.4. The van der Waals surface area contributed by atoms with E-state index in [1.807, 2.05) is 0 Å². The summed E-state index contributed by atoms with van der Waals surface area (Å²) in [6, 6.07) is 8.11. The molecule has 2 heterocycles. The van der Waals surface area contributed by atoms with E-state index in [1.54, 1.807) is 18.7 Å². The van der Waals surface area contributed by atoms with Crippen molar-refractivity contribution in [2.75, 3.05) is 4.90 Å². The third-order valence-electron chi connectivity index (χ3n) is 6.27. The van der Waals surface area contributed by atoms with Crippen LogP contribution < -0.4 is 4.90 Å². The zero-order valence-corrected chi connectivity index (χ0v) is 18.9. The van der Waals surface area contributed by atoms with Gasteiger partial charge in [-0.15, -0.1) is 0 Å². The third-order valence-corrected chi connectivity index (χ3v) is 6.27. The molecule has 0 amide bonds. The van der Waals surface area contributed by atoms with Gasteiger partial charge < -0.3 is 19.5 Å². The molecular formula is C24H20F6N2O4. The average molecular weight is 514 g/mol. The fraction of sp³-hybridized carbons (Fsp3) is 0.333. The van der Waals surface area contributed by atoms with E-state index >= 15 is 0 Å². The van der Waals surface area contributed by atoms with Crippen LogP contribution >= 0.6 is 0 Å². The topological polar surface area (TPSA) is 86.8 Å². The number of carboxylic acid groups (broad SMARTS) is 1. The third kappa shape index (κ3) is 4.19. The summed E-state index contributed by atoms with van der Waals surface area (Å²) >= 11 is 0. The largest absolute Gasteiger partial charge is 0.478 e. The van der Waals surface area contributed by atoms with Crippen molar-refractivity contribution in [3.05, 3.63) is 70.6 Å². The number of halogens is 6. The maximum Gasteiger partial charge on any atom is 0.430 e. The summed E-state index contributed by atoms with van der Waals surface area (Å²) in [7, 11) is 0. The summed E-state index contributed by atoms with van der Waals surface area (Å²) in [6.07, 6.45) is -11.8. The van der Waals surface area contributed by atoms with Gasteiger partial charge in [0.15, 0.2) is 0 Å². The fourth-order valence-electron chi connectivity index (χ4n) is 4.26. The van der Waals surface area contributed by atoms with Crippen molar-refractivity contribution in [1.82, 2.24) is 4.98 Å². The van der Waals surface area contributed by atoms with Crippen LogP contribution in [0.4, 0.5) is 32.0 Å². The van der Waals surface area contributed by atoms with Gasteiger partial charge in [-0.1, -0.05) is 12.1 Å². The molecule has 1 unspecified atom stereocenters. The van der Waals surface area contributed by atoms with E-state index in [0.29, 0.717) is 28.8 Å². The van der Waals surface area contributed by atoms with E-state index in [4.69, 9.17) is 9.52 Å². The van der Waals surface area contributed by atoms with E-state index in [9.17, 15) is 36.2 Å². The second-order valence-electron chi connectivity index (χ2n) is 8.63. The maximum atomic E-state index is 13.3. The van der Waals surface area contributed by atoms with Crippen LogP contribution in [0.3, 0.4) is 0 Å². The summed E-state index contributed by atoms with van der Waals surface area (Å²) in [5, 5.41) is 18.8. The molecule has 3 aromatic rings. The molecule has 0 saturated carbocycles. The van der Waals surface area contributed by atoms with Crippen LogP contribution in [-0.2, 0) is 18.6 Å². The minimum absolute atomic E-state index is 0.0899. The average Bonchev–Trinajstić information content (AvgIpc) is 3.30. The number of aryl methyl sites for hydroxylation is 1. The number of alkyl halides is 6. The molecule has 2 N–H and O–H groups in total. The normalized spacial score (nSPS) is 16.4. The Morgan fingerprint density at radius 2 is 1.69 bits per heavy atom. The van der Waals surface area contributed by atoms with Crippen LogP contribution in [0.5, 0.6) is 0 Å². The van der Waals surface area contributed by atoms with Gasteiger partial charge in [0.05, 0.1) is 12.1 Å². The van der Waals surface area contributed by atoms with Gasteiger partial charge in [0.1, 0.15) is 11.5 Å². The van der Waals surface area contributed by atoms with Gasteiger partial charge in [0.2, 0.25) is 5.89 Å². The molecule has 0 radical (unpaired) electrons. The molecule has 0 aliphatic carbocycles. The van der Waals surface area contributed by atoms with E-state index in [2.05, 4.69) is 4.98 Å². The molecule has 192 valence electrons. The van der Waals surface area contributed by atoms with Crippen LogP contribution in [0.1, 0.15) is 39.9 Å². The molecule has 0 fully saturated rings. The van der Waals surface area contributed by atoms with Crippen molar-refractivity contribution in [3.8, 4) is 11.5 Å². The molecule has 1 aliphatic heterocycles. The lowest BCUT2D eigenvalue weighted by Gasteiger charge is -2.33.